The Morgan fingerprint density at radius 3 is 2.48 bits per heavy atom. The van der Waals surface area contributed by atoms with E-state index in [1.165, 1.54) is 0 Å². The summed E-state index contributed by atoms with van der Waals surface area (Å²) >= 11 is 0. The lowest BCUT2D eigenvalue weighted by atomic mass is 10.2. The van der Waals surface area contributed by atoms with E-state index < -0.39 is 33.7 Å². The Morgan fingerprint density at radius 1 is 1.30 bits per heavy atom. The Kier molecular flexibility index (Phi) is 5.92. The molecule has 12 heteroatoms. The smallest absolute Gasteiger partial charge is 0.426 e. The van der Waals surface area contributed by atoms with Gasteiger partial charge in [-0.1, -0.05) is 22.7 Å². The lowest BCUT2D eigenvalue weighted by molar-refractivity contribution is -0.848. The second-order valence-electron chi connectivity index (χ2n) is 5.24. The van der Waals surface area contributed by atoms with Crippen LogP contribution in [0.15, 0.2) is 30.3 Å². The van der Waals surface area contributed by atoms with Gasteiger partial charge in [0.2, 0.25) is 0 Å². The summed E-state index contributed by atoms with van der Waals surface area (Å²) in [4.78, 5) is 27.9. The number of nitrogen functional groups attached to an aromatic ring is 1. The van der Waals surface area contributed by atoms with E-state index in [4.69, 9.17) is 15.0 Å². The molecule has 0 saturated heterocycles. The van der Waals surface area contributed by atoms with Crippen LogP contribution in [0.1, 0.15) is 23.1 Å². The highest BCUT2D eigenvalue weighted by atomic mass is 32.3. The topological polar surface area (TPSA) is 162 Å². The third-order valence-electron chi connectivity index (χ3n) is 3.07. The van der Waals surface area contributed by atoms with Crippen LogP contribution in [-0.2, 0) is 15.2 Å². The number of carbonyl (C=O) groups excluding carboxylic acids is 2. The first kappa shape index (κ1) is 20.1. The molecule has 0 fully saturated rings. The van der Waals surface area contributed by atoms with E-state index in [-0.39, 0.29) is 17.2 Å². The number of Topliss-reactive ketones (excluding diaryl/α,β-unsaturated/α-hetero) is 1. The molecule has 11 nitrogen and oxygen atoms in total. The number of ether oxygens (including phenoxy) is 1. The van der Waals surface area contributed by atoms with Gasteiger partial charge in [0.15, 0.2) is 0 Å². The zero-order valence-electron chi connectivity index (χ0n) is 14.4. The molecule has 1 heterocycles. The molecule has 0 spiro atoms. The maximum Gasteiger partial charge on any atom is 0.476 e. The van der Waals surface area contributed by atoms with Crippen LogP contribution in [0.3, 0.4) is 0 Å². The lowest BCUT2D eigenvalue weighted by Gasteiger charge is -2.08. The molecule has 1 amide bonds. The highest BCUT2D eigenvalue weighted by Crippen LogP contribution is 2.20. The highest BCUT2D eigenvalue weighted by molar-refractivity contribution is 7.80. The van der Waals surface area contributed by atoms with Crippen molar-refractivity contribution in [3.8, 4) is 11.6 Å². The van der Waals surface area contributed by atoms with Crippen LogP contribution in [0.5, 0.6) is 11.6 Å². The van der Waals surface area contributed by atoms with Gasteiger partial charge in [-0.25, -0.2) is 4.28 Å². The molecule has 0 radical (unpaired) electrons. The maximum atomic E-state index is 12.3. The summed E-state index contributed by atoms with van der Waals surface area (Å²) in [5.74, 6) is -3.43. The van der Waals surface area contributed by atoms with Gasteiger partial charge < -0.3 is 15.8 Å². The Hall–Kier alpha value is -3.25. The van der Waals surface area contributed by atoms with Gasteiger partial charge in [0.25, 0.3) is 11.7 Å². The molecule has 0 aliphatic carbocycles. The minimum atomic E-state index is -5.05. The van der Waals surface area contributed by atoms with E-state index in [2.05, 4.69) is 14.6 Å². The molecule has 0 aliphatic rings. The zero-order chi connectivity index (χ0) is 20.2. The maximum absolute atomic E-state index is 12.3. The van der Waals surface area contributed by atoms with E-state index in [1.807, 2.05) is 6.92 Å². The number of anilines is 1. The Balaban J connectivity index is 2.50. The van der Waals surface area contributed by atoms with Gasteiger partial charge in [0, 0.05) is 6.54 Å². The van der Waals surface area contributed by atoms with Crippen molar-refractivity contribution in [2.24, 2.45) is 0 Å². The molecule has 0 atom stereocenters. The Labute approximate surface area is 154 Å². The van der Waals surface area contributed by atoms with Gasteiger partial charge in [-0.05, 0) is 30.7 Å². The molecular formula is C15H17N4O7S+. The second-order valence-corrected chi connectivity index (χ2v) is 6.25. The van der Waals surface area contributed by atoms with Crippen LogP contribution in [0, 0.1) is 6.92 Å². The first-order chi connectivity index (χ1) is 12.6. The molecule has 2 aromatic rings. The van der Waals surface area contributed by atoms with E-state index in [9.17, 15) is 18.0 Å². The predicted molar refractivity (Wildman–Crippen MR) is 91.2 cm³/mol. The largest absolute Gasteiger partial charge is 0.476 e. The normalized spacial score (nSPS) is 10.9. The zero-order valence-corrected chi connectivity index (χ0v) is 15.2. The number of likely N-dealkylation sites (N-methyl/N-ethyl adjacent to an activating group) is 1. The molecule has 1 aromatic heterocycles. The summed E-state index contributed by atoms with van der Waals surface area (Å²) < 4.78 is 40.8. The number of nitrogens with zero attached hydrogens (tertiary/aromatic N) is 2. The van der Waals surface area contributed by atoms with Gasteiger partial charge >= 0.3 is 27.9 Å². The fourth-order valence-corrected chi connectivity index (χ4v) is 2.27. The fourth-order valence-electron chi connectivity index (χ4n) is 1.93. The minimum absolute atomic E-state index is 0.138. The molecule has 2 rings (SSSR count). The van der Waals surface area contributed by atoms with Crippen LogP contribution in [0.4, 0.5) is 5.82 Å². The van der Waals surface area contributed by atoms with Gasteiger partial charge in [0.1, 0.15) is 5.75 Å². The van der Waals surface area contributed by atoms with E-state index >= 15 is 0 Å². The molecule has 0 unspecified atom stereocenters. The standard InChI is InChI=1S/C15H16N4O7S/c1-3-17-15(21)13(20)14-18-12(25-10-6-4-9(2)5-7-10)8-11(16)19(14)26-27(22,23)24/h4-8,16H,3H2,1-2H3,(H2,17,21,22,23,24)/p+1. The van der Waals surface area contributed by atoms with Crippen molar-refractivity contribution >= 4 is 27.9 Å². The molecule has 144 valence electrons. The molecule has 27 heavy (non-hydrogen) atoms. The third-order valence-corrected chi connectivity index (χ3v) is 3.41. The number of amides is 1. The van der Waals surface area contributed by atoms with Crippen molar-refractivity contribution < 1.29 is 36.3 Å². The number of benzene rings is 1. The molecular weight excluding hydrogens is 380 g/mol. The molecule has 0 saturated carbocycles. The van der Waals surface area contributed by atoms with Crippen LogP contribution in [-0.4, -0.2) is 36.2 Å². The first-order valence-corrected chi connectivity index (χ1v) is 8.94. The fraction of sp³-hybridized carbons (Fsp3) is 0.200. The quantitative estimate of drug-likeness (QED) is 0.244. The monoisotopic (exact) mass is 397 g/mol. The number of nitrogens with two attached hydrogens (primary N) is 1. The lowest BCUT2D eigenvalue weighted by Crippen LogP contribution is -2.54. The van der Waals surface area contributed by atoms with Crippen LogP contribution in [0.2, 0.25) is 0 Å². The van der Waals surface area contributed by atoms with Crippen LogP contribution >= 0.6 is 0 Å². The van der Waals surface area contributed by atoms with Crippen molar-refractivity contribution in [2.75, 3.05) is 12.3 Å². The van der Waals surface area contributed by atoms with Gasteiger partial charge in [-0.3, -0.25) is 14.1 Å². The molecule has 0 bridgehead atoms. The van der Waals surface area contributed by atoms with Crippen molar-refractivity contribution in [1.82, 2.24) is 10.3 Å². The van der Waals surface area contributed by atoms with Crippen LogP contribution in [0.25, 0.3) is 0 Å². The average Bonchev–Trinajstić information content (AvgIpc) is 2.57. The number of nitrogens with one attached hydrogen (secondary N) is 1. The predicted octanol–water partition coefficient (Wildman–Crippen LogP) is -0.398. The summed E-state index contributed by atoms with van der Waals surface area (Å²) in [6, 6.07) is 7.86. The Bertz CT molecular complexity index is 974. The molecule has 1 aromatic carbocycles. The minimum Gasteiger partial charge on any atom is -0.426 e. The number of rotatable bonds is 7. The number of ketones is 1. The second kappa shape index (κ2) is 7.97. The van der Waals surface area contributed by atoms with Crippen molar-refractivity contribution in [1.29, 1.82) is 0 Å². The van der Waals surface area contributed by atoms with E-state index in [1.54, 1.807) is 31.2 Å². The number of carbonyl (C=O) groups is 2. The number of aryl methyl sites for hydroxylation is 1. The summed E-state index contributed by atoms with van der Waals surface area (Å²) in [7, 11) is -5.05. The first-order valence-electron chi connectivity index (χ1n) is 7.57. The number of hydrogen-bond donors (Lipinski definition) is 3. The summed E-state index contributed by atoms with van der Waals surface area (Å²) in [5, 5.41) is 2.24. The SMILES string of the molecule is CCNC(=O)C(=O)c1nc(Oc2ccc(C)cc2)cc(N)[n+]1OS(=O)(=O)O. The van der Waals surface area contributed by atoms with Crippen LogP contribution < -0.4 is 24.8 Å². The van der Waals surface area contributed by atoms with Crippen molar-refractivity contribution in [3.63, 3.8) is 0 Å². The number of hydrogen-bond acceptors (Lipinski definition) is 8. The Morgan fingerprint density at radius 2 is 1.93 bits per heavy atom. The summed E-state index contributed by atoms with van der Waals surface area (Å²) in [6.07, 6.45) is 0. The molecule has 4 N–H and O–H groups in total. The van der Waals surface area contributed by atoms with E-state index in [0.717, 1.165) is 11.6 Å². The van der Waals surface area contributed by atoms with E-state index in [0.29, 0.717) is 5.75 Å². The average molecular weight is 397 g/mol. The third kappa shape index (κ3) is 5.36. The summed E-state index contributed by atoms with van der Waals surface area (Å²) in [6.45, 7) is 3.59. The van der Waals surface area contributed by atoms with Crippen molar-refractivity contribution in [3.05, 3.63) is 41.7 Å². The van der Waals surface area contributed by atoms with Gasteiger partial charge in [0.05, 0.1) is 6.07 Å². The van der Waals surface area contributed by atoms with Crippen molar-refractivity contribution in [2.45, 2.75) is 13.8 Å². The molecule has 0 aliphatic heterocycles. The summed E-state index contributed by atoms with van der Waals surface area (Å²) in [5.41, 5.74) is 6.66. The highest BCUT2D eigenvalue weighted by Gasteiger charge is 2.33. The van der Waals surface area contributed by atoms with Gasteiger partial charge in [-0.15, -0.1) is 0 Å². The van der Waals surface area contributed by atoms with Gasteiger partial charge in [-0.2, -0.15) is 8.42 Å². The number of aromatic nitrogens is 2.